The van der Waals surface area contributed by atoms with Crippen LogP contribution in [0.25, 0.3) is 10.9 Å². The Labute approximate surface area is 228 Å². The Morgan fingerprint density at radius 3 is 2.51 bits per heavy atom. The molecule has 2 heterocycles. The van der Waals surface area contributed by atoms with Crippen molar-refractivity contribution in [3.63, 3.8) is 0 Å². The van der Waals surface area contributed by atoms with E-state index in [1.165, 1.54) is 12.3 Å². The van der Waals surface area contributed by atoms with Crippen molar-refractivity contribution in [3.8, 4) is 12.1 Å². The molecule has 9 heteroatoms. The molecule has 2 bridgehead atoms. The van der Waals surface area contributed by atoms with Gasteiger partial charge < -0.3 is 21.7 Å². The number of aromatic nitrogens is 2. The summed E-state index contributed by atoms with van der Waals surface area (Å²) in [7, 11) is 0. The maximum Gasteiger partial charge on any atom is 0.213 e. The molecular weight excluding hydrogens is 491 g/mol. The highest BCUT2D eigenvalue weighted by atomic mass is 19.1. The number of aryl methyl sites for hydroxylation is 1. The van der Waals surface area contributed by atoms with E-state index in [1.54, 1.807) is 19.1 Å². The molecule has 3 fully saturated rings. The van der Waals surface area contributed by atoms with Crippen LogP contribution in [0.15, 0.2) is 42.4 Å². The third-order valence-electron chi connectivity index (χ3n) is 7.64. The lowest BCUT2D eigenvalue weighted by Gasteiger charge is -2.62. The number of hydrogen-bond acceptors (Lipinski definition) is 8. The second-order valence-corrected chi connectivity index (χ2v) is 12.0. The highest BCUT2D eigenvalue weighted by molar-refractivity contribution is 5.99. The minimum Gasteiger partial charge on any atom is -0.399 e. The summed E-state index contributed by atoms with van der Waals surface area (Å²) >= 11 is 0. The molecule has 6 rings (SSSR count). The lowest BCUT2D eigenvalue weighted by atomic mass is 9.50. The number of fused-ring (bicyclic) bond motifs is 1. The third kappa shape index (κ3) is 5.18. The van der Waals surface area contributed by atoms with Crippen LogP contribution in [0.4, 0.5) is 15.8 Å². The molecule has 0 spiro atoms. The number of pyridine rings is 2. The van der Waals surface area contributed by atoms with Gasteiger partial charge in [-0.05, 0) is 55.7 Å². The van der Waals surface area contributed by atoms with E-state index in [0.717, 1.165) is 30.7 Å². The van der Waals surface area contributed by atoms with Crippen molar-refractivity contribution in [3.05, 3.63) is 70.7 Å². The Kier molecular flexibility index (Phi) is 6.56. The van der Waals surface area contributed by atoms with Crippen LogP contribution in [-0.2, 0) is 0 Å². The Balaban J connectivity index is 1.57. The predicted molar refractivity (Wildman–Crippen MR) is 150 cm³/mol. The first-order valence-electron chi connectivity index (χ1n) is 13.1. The number of anilines is 2. The van der Waals surface area contributed by atoms with Gasteiger partial charge in [-0.2, -0.15) is 14.9 Å². The molecule has 1 aromatic carbocycles. The Hall–Kier alpha value is -4.37. The SMILES string of the molecule is Cc1nc(F)ccc1[C@H](Nc1cc(C#N)c2ncc(C#N)c(NCC(C)(C)C)c2c1)/C(N)=C/NC12CC(C1)C2. The van der Waals surface area contributed by atoms with E-state index >= 15 is 0 Å². The molecule has 39 heavy (non-hydrogen) atoms. The highest BCUT2D eigenvalue weighted by Crippen LogP contribution is 2.57. The van der Waals surface area contributed by atoms with E-state index in [0.29, 0.717) is 51.3 Å². The standard InChI is InChI=1S/C30H33FN8/c1-17-22(5-6-25(31)38-17)28(24(34)15-37-30-9-18(10-30)11-30)39-21-7-19(12-32)26-23(8-21)27(20(13-33)14-35-26)36-16-29(2,3)4/h5-8,14-15,18,28,37,39H,9-11,16,34H2,1-4H3,(H,35,36)/b24-15-/t18?,28-,30?/m0/s1. The fraction of sp³-hybridized carbons (Fsp3) is 0.400. The van der Waals surface area contributed by atoms with Crippen molar-refractivity contribution in [2.24, 2.45) is 17.1 Å². The Morgan fingerprint density at radius 2 is 1.92 bits per heavy atom. The number of benzene rings is 1. The number of rotatable bonds is 8. The van der Waals surface area contributed by atoms with Crippen molar-refractivity contribution >= 4 is 22.3 Å². The summed E-state index contributed by atoms with van der Waals surface area (Å²) in [6, 6.07) is 10.5. The molecule has 0 amide bonds. The maximum atomic E-state index is 13.9. The fourth-order valence-electron chi connectivity index (χ4n) is 5.43. The number of halogens is 1. The third-order valence-corrected chi connectivity index (χ3v) is 7.64. The van der Waals surface area contributed by atoms with Crippen LogP contribution >= 0.6 is 0 Å². The molecule has 0 unspecified atom stereocenters. The minimum absolute atomic E-state index is 0.0406. The van der Waals surface area contributed by atoms with Gasteiger partial charge in [-0.3, -0.25) is 4.98 Å². The van der Waals surface area contributed by atoms with E-state index in [9.17, 15) is 14.9 Å². The predicted octanol–water partition coefficient (Wildman–Crippen LogP) is 5.37. The monoisotopic (exact) mass is 524 g/mol. The van der Waals surface area contributed by atoms with E-state index in [2.05, 4.69) is 58.8 Å². The maximum absolute atomic E-state index is 13.9. The van der Waals surface area contributed by atoms with Gasteiger partial charge in [0.15, 0.2) is 0 Å². The molecule has 8 nitrogen and oxygen atoms in total. The van der Waals surface area contributed by atoms with Gasteiger partial charge in [-0.1, -0.05) is 26.8 Å². The van der Waals surface area contributed by atoms with Gasteiger partial charge in [0.25, 0.3) is 0 Å². The minimum atomic E-state index is -0.563. The average molecular weight is 525 g/mol. The molecule has 3 aromatic rings. The summed E-state index contributed by atoms with van der Waals surface area (Å²) < 4.78 is 13.9. The Morgan fingerprint density at radius 1 is 1.21 bits per heavy atom. The quantitative estimate of drug-likeness (QED) is 0.289. The van der Waals surface area contributed by atoms with Gasteiger partial charge in [0.05, 0.1) is 34.1 Å². The highest BCUT2D eigenvalue weighted by Gasteiger charge is 2.56. The molecule has 3 aliphatic carbocycles. The van der Waals surface area contributed by atoms with Crippen molar-refractivity contribution in [2.45, 2.75) is 58.5 Å². The first-order valence-corrected chi connectivity index (χ1v) is 13.1. The molecule has 3 aliphatic rings. The van der Waals surface area contributed by atoms with E-state index in [-0.39, 0.29) is 11.0 Å². The lowest BCUT2D eigenvalue weighted by molar-refractivity contribution is -0.0401. The van der Waals surface area contributed by atoms with Crippen LogP contribution in [-0.4, -0.2) is 22.1 Å². The first kappa shape index (κ1) is 26.2. The first-order chi connectivity index (χ1) is 18.5. The van der Waals surface area contributed by atoms with Crippen LogP contribution in [0.2, 0.25) is 0 Å². The summed E-state index contributed by atoms with van der Waals surface area (Å²) in [5.74, 6) is 0.256. The molecular formula is C30H33FN8. The average Bonchev–Trinajstić information content (AvgIpc) is 2.83. The van der Waals surface area contributed by atoms with Crippen molar-refractivity contribution in [1.29, 1.82) is 10.5 Å². The molecule has 3 saturated carbocycles. The molecule has 1 atom stereocenters. The van der Waals surface area contributed by atoms with Gasteiger partial charge in [-0.15, -0.1) is 0 Å². The lowest BCUT2D eigenvalue weighted by Crippen LogP contribution is -2.65. The topological polar surface area (TPSA) is 135 Å². The number of nitrogens with zero attached hydrogens (tertiary/aromatic N) is 4. The van der Waals surface area contributed by atoms with Crippen LogP contribution in [0.1, 0.15) is 68.5 Å². The van der Waals surface area contributed by atoms with Crippen molar-refractivity contribution in [1.82, 2.24) is 15.3 Å². The molecule has 0 aliphatic heterocycles. The second-order valence-electron chi connectivity index (χ2n) is 12.0. The van der Waals surface area contributed by atoms with Crippen molar-refractivity contribution in [2.75, 3.05) is 17.2 Å². The van der Waals surface area contributed by atoms with Gasteiger partial charge in [0.1, 0.15) is 12.1 Å². The van der Waals surface area contributed by atoms with E-state index in [1.807, 2.05) is 12.3 Å². The molecule has 200 valence electrons. The Bertz CT molecular complexity index is 1540. The van der Waals surface area contributed by atoms with Crippen LogP contribution < -0.4 is 21.7 Å². The van der Waals surface area contributed by atoms with Crippen molar-refractivity contribution < 1.29 is 4.39 Å². The molecule has 0 saturated heterocycles. The molecule has 5 N–H and O–H groups in total. The van der Waals surface area contributed by atoms with Crippen LogP contribution in [0.3, 0.4) is 0 Å². The van der Waals surface area contributed by atoms with Gasteiger partial charge in [-0.25, -0.2) is 4.98 Å². The van der Waals surface area contributed by atoms with E-state index < -0.39 is 12.0 Å². The van der Waals surface area contributed by atoms with Crippen LogP contribution in [0.5, 0.6) is 0 Å². The van der Waals surface area contributed by atoms with Crippen LogP contribution in [0, 0.1) is 46.9 Å². The smallest absolute Gasteiger partial charge is 0.213 e. The largest absolute Gasteiger partial charge is 0.399 e. The number of nitrogens with one attached hydrogen (secondary N) is 3. The fourth-order valence-corrected chi connectivity index (χ4v) is 5.43. The number of hydrogen-bond donors (Lipinski definition) is 4. The van der Waals surface area contributed by atoms with Gasteiger partial charge in [0, 0.05) is 46.8 Å². The normalized spacial score (nSPS) is 20.7. The second kappa shape index (κ2) is 9.74. The summed E-state index contributed by atoms with van der Waals surface area (Å²) in [6.07, 6.45) is 6.80. The van der Waals surface area contributed by atoms with Gasteiger partial charge >= 0.3 is 0 Å². The zero-order chi connectivity index (χ0) is 27.9. The summed E-state index contributed by atoms with van der Waals surface area (Å²) in [5, 5.41) is 30.8. The summed E-state index contributed by atoms with van der Waals surface area (Å²) in [4.78, 5) is 8.44. The van der Waals surface area contributed by atoms with Gasteiger partial charge in [0.2, 0.25) is 5.95 Å². The molecule has 0 radical (unpaired) electrons. The summed E-state index contributed by atoms with van der Waals surface area (Å²) in [6.45, 7) is 8.66. The zero-order valence-electron chi connectivity index (χ0n) is 22.7. The number of nitriles is 2. The van der Waals surface area contributed by atoms with E-state index in [4.69, 9.17) is 5.73 Å². The molecule has 2 aromatic heterocycles. The zero-order valence-corrected chi connectivity index (χ0v) is 22.7. The number of nitrogens with two attached hydrogens (primary N) is 1. The summed E-state index contributed by atoms with van der Waals surface area (Å²) in [5.41, 5.74) is 11.0.